The van der Waals surface area contributed by atoms with Gasteiger partial charge in [-0.25, -0.2) is 10.5 Å². The van der Waals surface area contributed by atoms with Crippen LogP contribution in [0.5, 0.6) is 0 Å². The Kier molecular flexibility index (Phi) is 3.03. The van der Waals surface area contributed by atoms with Crippen molar-refractivity contribution >= 4 is 16.7 Å². The molecule has 0 radical (unpaired) electrons. The zero-order valence-corrected chi connectivity index (χ0v) is 9.83. The maximum atomic E-state index is 5.40. The summed E-state index contributed by atoms with van der Waals surface area (Å²) in [5.74, 6) is 2.10. The van der Waals surface area contributed by atoms with Crippen LogP contribution in [0.2, 0.25) is 0 Å². The third kappa shape index (κ3) is 2.50. The predicted molar refractivity (Wildman–Crippen MR) is 60.4 cm³/mol. The van der Waals surface area contributed by atoms with Crippen LogP contribution >= 0.6 is 11.5 Å². The van der Waals surface area contributed by atoms with Crippen LogP contribution < -0.4 is 5.48 Å². The molecule has 0 amide bonds. The fourth-order valence-electron chi connectivity index (χ4n) is 1.72. The number of hydrogen-bond acceptors (Lipinski definition) is 6. The number of rotatable bonds is 5. The fourth-order valence-corrected chi connectivity index (χ4v) is 2.32. The van der Waals surface area contributed by atoms with E-state index in [1.807, 2.05) is 0 Å². The molecule has 88 valence electrons. The lowest BCUT2D eigenvalue weighted by Crippen LogP contribution is -2.12. The molecule has 0 spiro atoms. The molecule has 1 N–H and O–H groups in total. The van der Waals surface area contributed by atoms with E-state index >= 15 is 0 Å². The molecule has 3 rings (SSSR count). The average molecular weight is 241 g/mol. The number of hydrogen-bond donors (Lipinski definition) is 1. The van der Waals surface area contributed by atoms with Crippen LogP contribution in [0.25, 0.3) is 0 Å². The van der Waals surface area contributed by atoms with Gasteiger partial charge in [0.2, 0.25) is 5.13 Å². The maximum absolute atomic E-state index is 5.40. The van der Waals surface area contributed by atoms with Gasteiger partial charge in [-0.15, -0.1) is 0 Å². The summed E-state index contributed by atoms with van der Waals surface area (Å²) in [4.78, 5) is 9.77. The second kappa shape index (κ2) is 4.65. The van der Waals surface area contributed by atoms with Crippen molar-refractivity contribution in [2.75, 3.05) is 25.3 Å². The second-order valence-corrected chi connectivity index (χ2v) is 5.13. The molecule has 2 fully saturated rings. The summed E-state index contributed by atoms with van der Waals surface area (Å²) in [5, 5.41) is 0.765. The van der Waals surface area contributed by atoms with Crippen LogP contribution in [-0.2, 0) is 9.57 Å². The summed E-state index contributed by atoms with van der Waals surface area (Å²) in [6, 6.07) is 0. The molecule has 1 atom stereocenters. The molecule has 16 heavy (non-hydrogen) atoms. The summed E-state index contributed by atoms with van der Waals surface area (Å²) >= 11 is 1.37. The molecule has 1 aliphatic carbocycles. The van der Waals surface area contributed by atoms with Crippen molar-refractivity contribution in [3.8, 4) is 0 Å². The first kappa shape index (κ1) is 10.4. The number of anilines is 1. The van der Waals surface area contributed by atoms with E-state index in [-0.39, 0.29) is 0 Å². The molecule has 1 aliphatic heterocycles. The molecule has 1 aromatic rings. The van der Waals surface area contributed by atoms with Crippen molar-refractivity contribution in [2.24, 2.45) is 5.92 Å². The highest BCUT2D eigenvalue weighted by molar-refractivity contribution is 7.09. The first-order valence-electron chi connectivity index (χ1n) is 5.71. The summed E-state index contributed by atoms with van der Waals surface area (Å²) in [6.07, 6.45) is 3.55. The largest absolute Gasteiger partial charge is 0.381 e. The molecule has 1 aromatic heterocycles. The summed E-state index contributed by atoms with van der Waals surface area (Å²) in [7, 11) is 0. The van der Waals surface area contributed by atoms with E-state index in [0.717, 1.165) is 30.6 Å². The SMILES string of the molecule is C1CC(CONc2nc(C3CC3)ns2)CO1. The molecule has 1 saturated carbocycles. The van der Waals surface area contributed by atoms with Crippen molar-refractivity contribution in [1.82, 2.24) is 9.36 Å². The second-order valence-electron chi connectivity index (χ2n) is 4.37. The lowest BCUT2D eigenvalue weighted by atomic mass is 10.1. The van der Waals surface area contributed by atoms with Gasteiger partial charge < -0.3 is 4.74 Å². The Morgan fingerprint density at radius 1 is 1.44 bits per heavy atom. The van der Waals surface area contributed by atoms with Gasteiger partial charge in [0.25, 0.3) is 0 Å². The number of nitrogens with one attached hydrogen (secondary N) is 1. The lowest BCUT2D eigenvalue weighted by molar-refractivity contribution is 0.127. The quantitative estimate of drug-likeness (QED) is 0.797. The van der Waals surface area contributed by atoms with Crippen LogP contribution in [0.1, 0.15) is 31.0 Å². The molecule has 6 heteroatoms. The Morgan fingerprint density at radius 2 is 2.38 bits per heavy atom. The monoisotopic (exact) mass is 241 g/mol. The molecular formula is C10H15N3O2S. The molecule has 0 bridgehead atoms. The minimum atomic E-state index is 0.517. The van der Waals surface area contributed by atoms with Gasteiger partial charge in [0.15, 0.2) is 0 Å². The molecule has 5 nitrogen and oxygen atoms in total. The minimum absolute atomic E-state index is 0.517. The zero-order chi connectivity index (χ0) is 10.8. The topological polar surface area (TPSA) is 56.3 Å². The van der Waals surface area contributed by atoms with Gasteiger partial charge in [-0.1, -0.05) is 0 Å². The zero-order valence-electron chi connectivity index (χ0n) is 9.02. The van der Waals surface area contributed by atoms with Crippen LogP contribution in [0, 0.1) is 5.92 Å². The minimum Gasteiger partial charge on any atom is -0.381 e. The van der Waals surface area contributed by atoms with E-state index in [9.17, 15) is 0 Å². The predicted octanol–water partition coefficient (Wildman–Crippen LogP) is 1.80. The lowest BCUT2D eigenvalue weighted by Gasteiger charge is -2.07. The number of nitrogens with zero attached hydrogens (tertiary/aromatic N) is 2. The Hall–Kier alpha value is -0.720. The number of ether oxygens (including phenoxy) is 1. The van der Waals surface area contributed by atoms with E-state index in [4.69, 9.17) is 9.57 Å². The van der Waals surface area contributed by atoms with Crippen molar-refractivity contribution in [1.29, 1.82) is 0 Å². The van der Waals surface area contributed by atoms with Crippen molar-refractivity contribution in [3.63, 3.8) is 0 Å². The summed E-state index contributed by atoms with van der Waals surface area (Å²) in [5.41, 5.74) is 2.86. The van der Waals surface area contributed by atoms with Gasteiger partial charge in [0, 0.05) is 30.0 Å². The third-order valence-corrected chi connectivity index (χ3v) is 3.51. The Balaban J connectivity index is 1.42. The molecule has 1 unspecified atom stereocenters. The van der Waals surface area contributed by atoms with Crippen LogP contribution in [0.3, 0.4) is 0 Å². The smallest absolute Gasteiger partial charge is 0.226 e. The molecular weight excluding hydrogens is 226 g/mol. The van der Waals surface area contributed by atoms with E-state index in [1.54, 1.807) is 0 Å². The van der Waals surface area contributed by atoms with E-state index in [2.05, 4.69) is 14.8 Å². The van der Waals surface area contributed by atoms with Gasteiger partial charge in [-0.3, -0.25) is 4.84 Å². The van der Waals surface area contributed by atoms with Gasteiger partial charge in [0.1, 0.15) is 5.82 Å². The molecule has 2 heterocycles. The highest BCUT2D eigenvalue weighted by atomic mass is 32.1. The third-order valence-electron chi connectivity index (χ3n) is 2.89. The van der Waals surface area contributed by atoms with E-state index in [1.165, 1.54) is 24.4 Å². The first-order chi connectivity index (χ1) is 7.92. The van der Waals surface area contributed by atoms with Gasteiger partial charge >= 0.3 is 0 Å². The van der Waals surface area contributed by atoms with Crippen LogP contribution in [0.15, 0.2) is 0 Å². The Bertz CT molecular complexity index is 348. The summed E-state index contributed by atoms with van der Waals surface area (Å²) in [6.45, 7) is 2.35. The maximum Gasteiger partial charge on any atom is 0.226 e. The van der Waals surface area contributed by atoms with Crippen molar-refractivity contribution in [2.45, 2.75) is 25.2 Å². The number of aromatic nitrogens is 2. The van der Waals surface area contributed by atoms with E-state index < -0.39 is 0 Å². The highest BCUT2D eigenvalue weighted by Gasteiger charge is 2.27. The standard InChI is InChI=1S/C10H15N3O2S/c1-2-8(1)9-11-10(16-13-9)12-15-6-7-3-4-14-5-7/h7-8H,1-6H2,(H,11,12,13). The normalized spacial score (nSPS) is 24.9. The molecule has 2 aliphatic rings. The summed E-state index contributed by atoms with van der Waals surface area (Å²) < 4.78 is 9.56. The van der Waals surface area contributed by atoms with Crippen LogP contribution in [0.4, 0.5) is 5.13 Å². The average Bonchev–Trinajstić information content (AvgIpc) is 2.83. The Labute approximate surface area is 98.3 Å². The first-order valence-corrected chi connectivity index (χ1v) is 6.48. The van der Waals surface area contributed by atoms with Crippen molar-refractivity contribution < 1.29 is 9.57 Å². The molecule has 0 aromatic carbocycles. The van der Waals surface area contributed by atoms with Crippen LogP contribution in [-0.4, -0.2) is 29.2 Å². The van der Waals surface area contributed by atoms with Gasteiger partial charge in [-0.05, 0) is 19.3 Å². The van der Waals surface area contributed by atoms with Gasteiger partial charge in [-0.2, -0.15) is 4.37 Å². The highest BCUT2D eigenvalue weighted by Crippen LogP contribution is 2.39. The van der Waals surface area contributed by atoms with Gasteiger partial charge in [0.05, 0.1) is 13.2 Å². The fraction of sp³-hybridized carbons (Fsp3) is 0.800. The Morgan fingerprint density at radius 3 is 3.12 bits per heavy atom. The van der Waals surface area contributed by atoms with Crippen molar-refractivity contribution in [3.05, 3.63) is 5.82 Å². The van der Waals surface area contributed by atoms with E-state index in [0.29, 0.717) is 18.4 Å². The molecule has 1 saturated heterocycles.